The van der Waals surface area contributed by atoms with E-state index in [9.17, 15) is 10.1 Å². The average molecular weight is 513 g/mol. The van der Waals surface area contributed by atoms with E-state index in [1.54, 1.807) is 15.6 Å². The zero-order chi connectivity index (χ0) is 23.8. The average Bonchev–Trinajstić information content (AvgIpc) is 3.39. The summed E-state index contributed by atoms with van der Waals surface area (Å²) in [6.07, 6.45) is 11.2. The predicted octanol–water partition coefficient (Wildman–Crippen LogP) is 5.26. The number of fused-ring (bicyclic) bond motifs is 1. The smallest absolute Gasteiger partial charge is 0.410 e. The molecular weight excluding hydrogens is 484 g/mol. The van der Waals surface area contributed by atoms with E-state index in [0.717, 1.165) is 53.3 Å². The number of amides is 1. The first-order valence-electron chi connectivity index (χ1n) is 11.2. The Kier molecular flexibility index (Phi) is 6.48. The van der Waals surface area contributed by atoms with Gasteiger partial charge >= 0.3 is 6.09 Å². The monoisotopic (exact) mass is 512 g/mol. The Morgan fingerprint density at radius 3 is 2.61 bits per heavy atom. The largest absolute Gasteiger partial charge is 0.444 e. The molecule has 0 bridgehead atoms. The van der Waals surface area contributed by atoms with Crippen LogP contribution < -0.4 is 0 Å². The Morgan fingerprint density at radius 2 is 1.94 bits per heavy atom. The lowest BCUT2D eigenvalue weighted by Gasteiger charge is -2.35. The van der Waals surface area contributed by atoms with Crippen LogP contribution in [0.4, 0.5) is 4.79 Å². The third-order valence-electron chi connectivity index (χ3n) is 6.14. The molecule has 0 saturated heterocycles. The zero-order valence-electron chi connectivity index (χ0n) is 19.5. The highest BCUT2D eigenvalue weighted by Gasteiger charge is 2.29. The molecule has 174 valence electrons. The lowest BCUT2D eigenvalue weighted by Crippen LogP contribution is -2.42. The number of pyridine rings is 1. The second-order valence-electron chi connectivity index (χ2n) is 9.76. The minimum atomic E-state index is -0.476. The summed E-state index contributed by atoms with van der Waals surface area (Å²) in [4.78, 5) is 14.1. The summed E-state index contributed by atoms with van der Waals surface area (Å²) in [7, 11) is 1.84. The van der Waals surface area contributed by atoms with Crippen LogP contribution in [0.3, 0.4) is 0 Å². The van der Waals surface area contributed by atoms with Gasteiger partial charge in [-0.1, -0.05) is 0 Å². The number of hydrogen-bond acceptors (Lipinski definition) is 5. The zero-order valence-corrected chi connectivity index (χ0v) is 21.0. The van der Waals surface area contributed by atoms with Crippen molar-refractivity contribution in [2.45, 2.75) is 64.6 Å². The maximum absolute atomic E-state index is 12.4. The minimum absolute atomic E-state index is 0.223. The summed E-state index contributed by atoms with van der Waals surface area (Å²) < 4.78 is 10.1. The number of aromatic nitrogens is 4. The van der Waals surface area contributed by atoms with Crippen LogP contribution in [-0.4, -0.2) is 49.1 Å². The molecule has 0 atom stereocenters. The molecule has 3 heterocycles. The van der Waals surface area contributed by atoms with Gasteiger partial charge in [0.2, 0.25) is 0 Å². The molecule has 1 saturated carbocycles. The number of carbonyl (C=O) groups is 1. The summed E-state index contributed by atoms with van der Waals surface area (Å²) in [5.41, 5.74) is 2.82. The van der Waals surface area contributed by atoms with Gasteiger partial charge in [0.25, 0.3) is 0 Å². The van der Waals surface area contributed by atoms with Crippen LogP contribution in [0.25, 0.3) is 16.6 Å². The first-order valence-corrected chi connectivity index (χ1v) is 12.0. The Balaban J connectivity index is 1.37. The van der Waals surface area contributed by atoms with E-state index in [-0.39, 0.29) is 12.1 Å². The lowest BCUT2D eigenvalue weighted by molar-refractivity contribution is 0.0168. The van der Waals surface area contributed by atoms with Crippen molar-refractivity contribution in [2.75, 3.05) is 7.05 Å². The highest BCUT2D eigenvalue weighted by Crippen LogP contribution is 2.31. The molecule has 1 aliphatic carbocycles. The molecule has 4 rings (SSSR count). The molecule has 1 fully saturated rings. The van der Waals surface area contributed by atoms with E-state index in [0.29, 0.717) is 11.5 Å². The van der Waals surface area contributed by atoms with Crippen LogP contribution in [0.15, 0.2) is 35.3 Å². The molecule has 3 aromatic rings. The number of ether oxygens (including phenoxy) is 1. The summed E-state index contributed by atoms with van der Waals surface area (Å²) in [6.45, 7) is 6.53. The molecule has 0 spiro atoms. The van der Waals surface area contributed by atoms with Crippen LogP contribution in [0.5, 0.6) is 0 Å². The fourth-order valence-corrected chi connectivity index (χ4v) is 5.03. The second kappa shape index (κ2) is 9.18. The maximum Gasteiger partial charge on any atom is 0.410 e. The van der Waals surface area contributed by atoms with Crippen molar-refractivity contribution in [3.05, 3.63) is 40.9 Å². The van der Waals surface area contributed by atoms with Gasteiger partial charge in [-0.3, -0.25) is 4.68 Å². The fourth-order valence-electron chi connectivity index (χ4n) is 4.39. The van der Waals surface area contributed by atoms with E-state index >= 15 is 0 Å². The van der Waals surface area contributed by atoms with Crippen LogP contribution in [0.1, 0.15) is 52.0 Å². The van der Waals surface area contributed by atoms with Gasteiger partial charge in [-0.25, -0.2) is 9.31 Å². The van der Waals surface area contributed by atoms with Gasteiger partial charge in [-0.05, 0) is 74.4 Å². The van der Waals surface area contributed by atoms with Crippen molar-refractivity contribution in [3.8, 4) is 17.2 Å². The molecule has 0 unspecified atom stereocenters. The number of nitriles is 1. The number of rotatable bonds is 4. The molecule has 1 amide bonds. The maximum atomic E-state index is 12.4. The predicted molar refractivity (Wildman–Crippen MR) is 129 cm³/mol. The highest BCUT2D eigenvalue weighted by molar-refractivity contribution is 9.10. The highest BCUT2D eigenvalue weighted by atomic mass is 79.9. The van der Waals surface area contributed by atoms with Gasteiger partial charge in [0, 0.05) is 47.6 Å². The van der Waals surface area contributed by atoms with E-state index in [1.165, 1.54) is 0 Å². The molecule has 0 aromatic carbocycles. The van der Waals surface area contributed by atoms with Crippen LogP contribution in [-0.2, 0) is 11.3 Å². The molecule has 0 radical (unpaired) electrons. The number of hydrogen-bond donors (Lipinski definition) is 0. The van der Waals surface area contributed by atoms with Crippen molar-refractivity contribution in [2.24, 2.45) is 5.92 Å². The fraction of sp³-hybridized carbons (Fsp3) is 0.500. The molecule has 8 nitrogen and oxygen atoms in total. The van der Waals surface area contributed by atoms with Gasteiger partial charge in [0.15, 0.2) is 0 Å². The second-order valence-corrected chi connectivity index (χ2v) is 10.6. The van der Waals surface area contributed by atoms with Crippen LogP contribution in [0, 0.1) is 17.2 Å². The Hall–Kier alpha value is -2.86. The molecular formula is C24H29BrN6O2. The molecule has 0 aliphatic heterocycles. The topological polar surface area (TPSA) is 88.5 Å². The van der Waals surface area contributed by atoms with Crippen molar-refractivity contribution in [3.63, 3.8) is 0 Å². The molecule has 3 aromatic heterocycles. The van der Waals surface area contributed by atoms with Gasteiger partial charge in [0.1, 0.15) is 11.7 Å². The molecule has 0 N–H and O–H groups in total. The Bertz CT molecular complexity index is 1190. The van der Waals surface area contributed by atoms with Crippen LogP contribution in [0.2, 0.25) is 0 Å². The van der Waals surface area contributed by atoms with E-state index in [4.69, 9.17) is 4.74 Å². The van der Waals surface area contributed by atoms with Crippen molar-refractivity contribution in [1.82, 2.24) is 24.3 Å². The first-order chi connectivity index (χ1) is 15.6. The van der Waals surface area contributed by atoms with Crippen LogP contribution >= 0.6 is 15.9 Å². The van der Waals surface area contributed by atoms with Gasteiger partial charge in [-0.15, -0.1) is 0 Å². The number of nitrogens with zero attached hydrogens (tertiary/aromatic N) is 6. The summed E-state index contributed by atoms with van der Waals surface area (Å²) >= 11 is 3.57. The van der Waals surface area contributed by atoms with E-state index in [1.807, 2.05) is 51.0 Å². The van der Waals surface area contributed by atoms with Crippen molar-refractivity contribution >= 4 is 27.5 Å². The number of carbonyl (C=O) groups excluding carboxylic acids is 1. The van der Waals surface area contributed by atoms with Gasteiger partial charge in [-0.2, -0.15) is 15.5 Å². The molecule has 9 heteroatoms. The number of halogens is 1. The van der Waals surface area contributed by atoms with Crippen molar-refractivity contribution < 1.29 is 9.53 Å². The summed E-state index contributed by atoms with van der Waals surface area (Å²) in [5, 5.41) is 18.1. The molecule has 33 heavy (non-hydrogen) atoms. The standard InChI is InChI=1S/C24H29BrN6O2/c1-24(2,3)33-23(32)29(4)20-7-5-16(6-8-20)13-30-14-19(12-27-30)17-9-21(25)22-18(10-26)11-28-31(22)15-17/h9,11-12,14-16,20H,5-8,13H2,1-4H3. The van der Waals surface area contributed by atoms with E-state index in [2.05, 4.69) is 38.4 Å². The quantitative estimate of drug-likeness (QED) is 0.475. The lowest BCUT2D eigenvalue weighted by atomic mass is 9.85. The van der Waals surface area contributed by atoms with Gasteiger partial charge < -0.3 is 9.64 Å². The van der Waals surface area contributed by atoms with Gasteiger partial charge in [0.05, 0.1) is 23.5 Å². The van der Waals surface area contributed by atoms with Crippen molar-refractivity contribution in [1.29, 1.82) is 5.26 Å². The SMILES string of the molecule is CN(C(=O)OC(C)(C)C)C1CCC(Cn2cc(-c3cc(Br)c4c(C#N)cnn4c3)cn2)CC1. The minimum Gasteiger partial charge on any atom is -0.444 e. The Labute approximate surface area is 202 Å². The summed E-state index contributed by atoms with van der Waals surface area (Å²) in [6, 6.07) is 4.39. The first kappa shape index (κ1) is 23.3. The summed E-state index contributed by atoms with van der Waals surface area (Å²) in [5.74, 6) is 0.527. The normalized spacial score (nSPS) is 18.8. The third kappa shape index (κ3) is 5.22. The van der Waals surface area contributed by atoms with E-state index < -0.39 is 5.60 Å². The molecule has 1 aliphatic rings. The third-order valence-corrected chi connectivity index (χ3v) is 6.75. The Morgan fingerprint density at radius 1 is 1.21 bits per heavy atom.